The van der Waals surface area contributed by atoms with Crippen molar-refractivity contribution in [1.82, 2.24) is 14.2 Å². The Labute approximate surface area is 298 Å². The summed E-state index contributed by atoms with van der Waals surface area (Å²) in [6.07, 6.45) is 3.36. The molecule has 0 aliphatic carbocycles. The van der Waals surface area contributed by atoms with E-state index in [2.05, 4.69) is 15.0 Å². The number of ether oxygens (including phenoxy) is 2. The first-order valence-electron chi connectivity index (χ1n) is 17.6. The number of hydrogen-bond acceptors (Lipinski definition) is 9. The highest BCUT2D eigenvalue weighted by Crippen LogP contribution is 2.36. The highest BCUT2D eigenvalue weighted by Gasteiger charge is 2.27. The number of nitrogens with one attached hydrogen (secondary N) is 1. The van der Waals surface area contributed by atoms with E-state index in [0.29, 0.717) is 60.2 Å². The molecule has 0 unspecified atom stereocenters. The quantitative estimate of drug-likeness (QED) is 0.126. The number of hydrogen-bond donors (Lipinski definition) is 2. The van der Waals surface area contributed by atoms with Gasteiger partial charge in [0, 0.05) is 49.7 Å². The molecule has 8 rings (SSSR count). The Hall–Kier alpha value is -5.27. The zero-order valence-electron chi connectivity index (χ0n) is 29.6. The number of fused-ring (bicyclic) bond motifs is 5. The number of rotatable bonds is 6. The Bertz CT molecular complexity index is 2440. The van der Waals surface area contributed by atoms with E-state index in [-0.39, 0.29) is 33.6 Å². The molecule has 12 nitrogen and oxygen atoms in total. The number of likely N-dealkylation sites (tertiary alicyclic amines) is 1. The van der Waals surface area contributed by atoms with Crippen molar-refractivity contribution in [1.29, 1.82) is 0 Å². The van der Waals surface area contributed by atoms with Crippen molar-refractivity contribution in [2.24, 2.45) is 5.73 Å². The first-order chi connectivity index (χ1) is 24.9. The van der Waals surface area contributed by atoms with Crippen LogP contribution >= 0.6 is 0 Å². The summed E-state index contributed by atoms with van der Waals surface area (Å²) < 4.78 is 34.1. The molecule has 0 atom stereocenters. The summed E-state index contributed by atoms with van der Waals surface area (Å²) in [6, 6.07) is 12.2. The van der Waals surface area contributed by atoms with E-state index in [0.717, 1.165) is 49.7 Å². The Morgan fingerprint density at radius 2 is 1.63 bits per heavy atom. The fourth-order valence-electron chi connectivity index (χ4n) is 7.19. The summed E-state index contributed by atoms with van der Waals surface area (Å²) in [7, 11) is 0. The predicted octanol–water partition coefficient (Wildman–Crippen LogP) is 5.69. The number of aromatic nitrogens is 1. The van der Waals surface area contributed by atoms with E-state index in [4.69, 9.17) is 14.9 Å². The number of carbonyl (C=O) groups is 2. The number of primary amides is 1. The van der Waals surface area contributed by atoms with Crippen LogP contribution in [-0.4, -0.2) is 84.3 Å². The average Bonchev–Trinajstić information content (AvgIpc) is 3.74. The maximum atomic E-state index is 15.9. The fraction of sp³-hybridized carbons (Fsp3) is 0.385. The van der Waals surface area contributed by atoms with E-state index in [1.165, 1.54) is 6.07 Å². The number of anilines is 1. The average molecular weight is 712 g/mol. The molecule has 0 spiro atoms. The van der Waals surface area contributed by atoms with Crippen molar-refractivity contribution in [2.45, 2.75) is 45.6 Å². The second-order valence-electron chi connectivity index (χ2n) is 14.3. The van der Waals surface area contributed by atoms with Crippen molar-refractivity contribution >= 4 is 66.8 Å². The van der Waals surface area contributed by atoms with Crippen LogP contribution < -0.4 is 21.9 Å². The molecule has 2 aromatic heterocycles. The van der Waals surface area contributed by atoms with Crippen LogP contribution in [0.3, 0.4) is 0 Å². The van der Waals surface area contributed by atoms with Crippen molar-refractivity contribution in [3.63, 3.8) is 0 Å². The summed E-state index contributed by atoms with van der Waals surface area (Å²) in [4.78, 5) is 54.7. The van der Waals surface area contributed by atoms with Gasteiger partial charge in [-0.05, 0) is 75.5 Å². The molecule has 4 heterocycles. The Balaban J connectivity index is 0.000000474. The molecule has 52 heavy (non-hydrogen) atoms. The summed E-state index contributed by atoms with van der Waals surface area (Å²) in [5.74, 6) is -0.999. The van der Waals surface area contributed by atoms with Gasteiger partial charge in [-0.15, -0.1) is 0 Å². The molecule has 2 aliphatic rings. The molecular formula is C39H42FN5O7. The number of pyridine rings is 1. The second-order valence-corrected chi connectivity index (χ2v) is 14.3. The van der Waals surface area contributed by atoms with Gasteiger partial charge >= 0.3 is 6.09 Å². The molecule has 6 aromatic rings. The summed E-state index contributed by atoms with van der Waals surface area (Å²) >= 11 is 0. The number of amides is 2. The smallest absolute Gasteiger partial charge is 0.405 e. The monoisotopic (exact) mass is 711 g/mol. The normalized spacial score (nSPS) is 15.5. The summed E-state index contributed by atoms with van der Waals surface area (Å²) in [5, 5.41) is 5.95. The maximum absolute atomic E-state index is 15.9. The van der Waals surface area contributed by atoms with Gasteiger partial charge in [0.1, 0.15) is 22.4 Å². The van der Waals surface area contributed by atoms with Crippen LogP contribution in [0, 0.1) is 5.82 Å². The van der Waals surface area contributed by atoms with E-state index >= 15 is 4.39 Å². The standard InChI is InChI=1S/C34H31FN4O5.C5H11NO2/c35-26-16-24-30-33(29(26)36-8-5-9-37-12-14-43-15-13-37)44-28-18-23-22(20-6-1-2-7-21(20)31(23)40)17-27(28)39(30)19-25(32(24)41)34(42)38-10-3-4-11-38;1-5(2,3)8-4(6)7/h1-2,6-7,16-19,36H,3-5,8-15H2;1-3H3,(H2,6,7). The van der Waals surface area contributed by atoms with Crippen LogP contribution in [0.15, 0.2) is 62.7 Å². The molecular weight excluding hydrogens is 669 g/mol. The van der Waals surface area contributed by atoms with Gasteiger partial charge < -0.3 is 34.2 Å². The first kappa shape index (κ1) is 35.1. The topological polar surface area (TPSA) is 149 Å². The van der Waals surface area contributed by atoms with Crippen LogP contribution in [0.2, 0.25) is 0 Å². The van der Waals surface area contributed by atoms with E-state index < -0.39 is 22.9 Å². The van der Waals surface area contributed by atoms with Crippen LogP contribution in [0.4, 0.5) is 14.9 Å². The minimum Gasteiger partial charge on any atom is -0.451 e. The molecule has 2 fully saturated rings. The third-order valence-electron chi connectivity index (χ3n) is 9.56. The van der Waals surface area contributed by atoms with Crippen molar-refractivity contribution < 1.29 is 27.9 Å². The lowest BCUT2D eigenvalue weighted by Crippen LogP contribution is -2.37. The van der Waals surface area contributed by atoms with Gasteiger partial charge in [-0.25, -0.2) is 9.18 Å². The molecule has 2 saturated heterocycles. The molecule has 2 amide bonds. The van der Waals surface area contributed by atoms with Gasteiger partial charge in [0.25, 0.3) is 5.91 Å². The van der Waals surface area contributed by atoms with Crippen LogP contribution in [0.1, 0.15) is 50.4 Å². The lowest BCUT2D eigenvalue weighted by molar-refractivity contribution is 0.0378. The predicted molar refractivity (Wildman–Crippen MR) is 199 cm³/mol. The van der Waals surface area contributed by atoms with E-state index in [9.17, 15) is 19.2 Å². The fourth-order valence-corrected chi connectivity index (χ4v) is 7.19. The third-order valence-corrected chi connectivity index (χ3v) is 9.56. The number of halogens is 1. The van der Waals surface area contributed by atoms with Crippen LogP contribution in [0.25, 0.3) is 49.1 Å². The van der Waals surface area contributed by atoms with Crippen molar-refractivity contribution in [2.75, 3.05) is 57.8 Å². The summed E-state index contributed by atoms with van der Waals surface area (Å²) in [6.45, 7) is 10.9. The van der Waals surface area contributed by atoms with Gasteiger partial charge in [0.15, 0.2) is 22.4 Å². The SMILES string of the molecule is CC(C)(C)OC(N)=O.O=C(c1cn2c3cc4c(cc3oc3c(NCCCN5CCOCC5)c(F)cc(c1=O)c32)c(=O)c1ccccc14)N1CCCC1. The van der Waals surface area contributed by atoms with Crippen molar-refractivity contribution in [3.05, 3.63) is 80.5 Å². The number of benzene rings is 3. The Morgan fingerprint density at radius 3 is 2.31 bits per heavy atom. The third kappa shape index (κ3) is 6.73. The molecule has 2 aliphatic heterocycles. The van der Waals surface area contributed by atoms with Crippen LogP contribution in [0.5, 0.6) is 0 Å². The summed E-state index contributed by atoms with van der Waals surface area (Å²) in [5.41, 5.74) is 5.24. The van der Waals surface area contributed by atoms with Gasteiger partial charge in [-0.1, -0.05) is 24.3 Å². The zero-order chi connectivity index (χ0) is 36.7. The highest BCUT2D eigenvalue weighted by atomic mass is 19.1. The molecule has 4 aromatic carbocycles. The molecule has 3 N–H and O–H groups in total. The number of carbonyl (C=O) groups excluding carboxylic acids is 2. The molecule has 0 saturated carbocycles. The zero-order valence-corrected chi connectivity index (χ0v) is 29.6. The number of morpholine rings is 1. The molecule has 0 bridgehead atoms. The Morgan fingerprint density at radius 1 is 0.923 bits per heavy atom. The minimum absolute atomic E-state index is 0.0132. The minimum atomic E-state index is -0.725. The second kappa shape index (κ2) is 14.0. The van der Waals surface area contributed by atoms with Crippen LogP contribution in [-0.2, 0) is 9.47 Å². The van der Waals surface area contributed by atoms with E-state index in [1.54, 1.807) is 48.4 Å². The Kier molecular flexibility index (Phi) is 9.49. The highest BCUT2D eigenvalue weighted by molar-refractivity contribution is 6.15. The first-order valence-corrected chi connectivity index (χ1v) is 17.6. The van der Waals surface area contributed by atoms with Crippen molar-refractivity contribution in [3.8, 4) is 0 Å². The largest absolute Gasteiger partial charge is 0.451 e. The lowest BCUT2D eigenvalue weighted by Gasteiger charge is -2.26. The number of nitrogens with zero attached hydrogens (tertiary/aromatic N) is 3. The van der Waals surface area contributed by atoms with Gasteiger partial charge in [-0.2, -0.15) is 0 Å². The molecule has 272 valence electrons. The number of nitrogens with two attached hydrogens (primary N) is 1. The van der Waals surface area contributed by atoms with E-state index in [1.807, 2.05) is 24.3 Å². The van der Waals surface area contributed by atoms with Gasteiger partial charge in [-0.3, -0.25) is 19.3 Å². The molecule has 13 heteroatoms. The van der Waals surface area contributed by atoms with Gasteiger partial charge in [0.2, 0.25) is 5.43 Å². The van der Waals surface area contributed by atoms with Gasteiger partial charge in [0.05, 0.1) is 24.1 Å². The maximum Gasteiger partial charge on any atom is 0.405 e. The lowest BCUT2D eigenvalue weighted by atomic mass is 10.1. The molecule has 0 radical (unpaired) electrons.